The first kappa shape index (κ1) is 31.8. The number of aromatic nitrogens is 4. The molecule has 0 aliphatic rings. The molecule has 0 aliphatic heterocycles. The summed E-state index contributed by atoms with van der Waals surface area (Å²) in [6.07, 6.45) is 0. The molecule has 0 atom stereocenters. The molecule has 0 saturated heterocycles. The predicted molar refractivity (Wildman–Crippen MR) is 225 cm³/mol. The highest BCUT2D eigenvalue weighted by Gasteiger charge is 2.21. The third-order valence-corrected chi connectivity index (χ3v) is 10.4. The van der Waals surface area contributed by atoms with E-state index in [2.05, 4.69) is 84.9 Å². The Balaban J connectivity index is 1.07. The van der Waals surface area contributed by atoms with Crippen LogP contribution < -0.4 is 0 Å². The summed E-state index contributed by atoms with van der Waals surface area (Å²) >= 11 is 0. The van der Waals surface area contributed by atoms with E-state index in [0.717, 1.165) is 88.6 Å². The summed E-state index contributed by atoms with van der Waals surface area (Å²) < 4.78 is 12.8. The molecule has 0 radical (unpaired) electrons. The van der Waals surface area contributed by atoms with Gasteiger partial charge in [0.05, 0.1) is 22.2 Å². The van der Waals surface area contributed by atoms with Gasteiger partial charge in [-0.1, -0.05) is 158 Å². The third-order valence-electron chi connectivity index (χ3n) is 10.4. The van der Waals surface area contributed by atoms with Gasteiger partial charge in [0.2, 0.25) is 11.4 Å². The standard InChI is InChI=1S/C50H30N4O2/c1-3-13-31(14-4-1)35-17-11-19-37(29-35)47-51-45(43-39-21-7-9-23-41(39)55-49(43)53-47)33-25-27-34(28-26-33)46-44-40-22-8-10-24-42(40)56-50(44)54-48(52-46)38-20-12-18-36(30-38)32-15-5-2-6-16-32/h1-30H. The van der Waals surface area contributed by atoms with Crippen LogP contribution in [0.3, 0.4) is 0 Å². The van der Waals surface area contributed by atoms with Crippen LogP contribution in [-0.4, -0.2) is 19.9 Å². The van der Waals surface area contributed by atoms with E-state index in [9.17, 15) is 0 Å². The lowest BCUT2D eigenvalue weighted by Crippen LogP contribution is -1.96. The van der Waals surface area contributed by atoms with Gasteiger partial charge in [0.1, 0.15) is 11.2 Å². The molecule has 262 valence electrons. The molecule has 11 aromatic rings. The predicted octanol–water partition coefficient (Wildman–Crippen LogP) is 13.1. The number of benzene rings is 7. The number of fused-ring (bicyclic) bond motifs is 6. The molecule has 6 nitrogen and oxygen atoms in total. The fourth-order valence-corrected chi connectivity index (χ4v) is 7.65. The van der Waals surface area contributed by atoms with Gasteiger partial charge in [0, 0.05) is 33.0 Å². The van der Waals surface area contributed by atoms with E-state index in [0.29, 0.717) is 23.1 Å². The summed E-state index contributed by atoms with van der Waals surface area (Å²) in [5.41, 5.74) is 12.4. The maximum Gasteiger partial charge on any atom is 0.231 e. The van der Waals surface area contributed by atoms with Crippen LogP contribution in [-0.2, 0) is 0 Å². The molecular weight excluding hydrogens is 689 g/mol. The van der Waals surface area contributed by atoms with Gasteiger partial charge in [-0.05, 0) is 46.5 Å². The fraction of sp³-hybridized carbons (Fsp3) is 0. The van der Waals surface area contributed by atoms with Crippen molar-refractivity contribution in [1.29, 1.82) is 0 Å². The number of para-hydroxylation sites is 2. The van der Waals surface area contributed by atoms with E-state index in [-0.39, 0.29) is 0 Å². The smallest absolute Gasteiger partial charge is 0.231 e. The van der Waals surface area contributed by atoms with Gasteiger partial charge in [0.15, 0.2) is 11.6 Å². The molecule has 0 unspecified atom stereocenters. The van der Waals surface area contributed by atoms with Crippen molar-refractivity contribution >= 4 is 44.1 Å². The van der Waals surface area contributed by atoms with Gasteiger partial charge in [-0.15, -0.1) is 0 Å². The van der Waals surface area contributed by atoms with Crippen molar-refractivity contribution in [2.45, 2.75) is 0 Å². The molecule has 0 spiro atoms. The zero-order valence-corrected chi connectivity index (χ0v) is 29.9. The molecule has 56 heavy (non-hydrogen) atoms. The highest BCUT2D eigenvalue weighted by molar-refractivity contribution is 6.12. The van der Waals surface area contributed by atoms with Crippen molar-refractivity contribution in [2.75, 3.05) is 0 Å². The van der Waals surface area contributed by atoms with E-state index in [1.807, 2.05) is 97.1 Å². The number of rotatable bonds is 6. The van der Waals surface area contributed by atoms with Crippen LogP contribution >= 0.6 is 0 Å². The van der Waals surface area contributed by atoms with Crippen LogP contribution in [0.2, 0.25) is 0 Å². The highest BCUT2D eigenvalue weighted by Crippen LogP contribution is 2.40. The Hall–Kier alpha value is -7.70. The first-order chi connectivity index (χ1) is 27.7. The van der Waals surface area contributed by atoms with Crippen molar-refractivity contribution in [3.05, 3.63) is 182 Å². The van der Waals surface area contributed by atoms with Crippen LogP contribution in [0.1, 0.15) is 0 Å². The number of nitrogens with zero attached hydrogens (tertiary/aromatic N) is 4. The molecule has 4 heterocycles. The molecular formula is C50H30N4O2. The second-order valence-electron chi connectivity index (χ2n) is 13.8. The normalized spacial score (nSPS) is 11.6. The van der Waals surface area contributed by atoms with Crippen molar-refractivity contribution < 1.29 is 8.83 Å². The van der Waals surface area contributed by atoms with Gasteiger partial charge in [-0.2, -0.15) is 9.97 Å². The lowest BCUT2D eigenvalue weighted by Gasteiger charge is -2.10. The summed E-state index contributed by atoms with van der Waals surface area (Å²) in [6, 6.07) is 61.8. The fourth-order valence-electron chi connectivity index (χ4n) is 7.65. The Morgan fingerprint density at radius 1 is 0.286 bits per heavy atom. The van der Waals surface area contributed by atoms with Crippen LogP contribution in [0.25, 0.3) is 112 Å². The van der Waals surface area contributed by atoms with Crippen LogP contribution in [0.5, 0.6) is 0 Å². The maximum absolute atomic E-state index is 6.38. The van der Waals surface area contributed by atoms with Crippen molar-refractivity contribution in [3.63, 3.8) is 0 Å². The largest absolute Gasteiger partial charge is 0.438 e. The Labute approximate surface area is 321 Å². The minimum Gasteiger partial charge on any atom is -0.438 e. The molecule has 7 aromatic carbocycles. The SMILES string of the molecule is c1ccc(-c2cccc(-c3nc(-c4ccc(-c5nc(-c6cccc(-c7ccccc7)c6)nc6oc7ccccc7c56)cc4)c4c(n3)oc3ccccc34)c2)cc1. The van der Waals surface area contributed by atoms with Gasteiger partial charge in [-0.25, -0.2) is 9.97 Å². The van der Waals surface area contributed by atoms with E-state index >= 15 is 0 Å². The molecule has 0 amide bonds. The Morgan fingerprint density at radius 3 is 1.11 bits per heavy atom. The summed E-state index contributed by atoms with van der Waals surface area (Å²) in [6.45, 7) is 0. The van der Waals surface area contributed by atoms with Gasteiger partial charge < -0.3 is 8.83 Å². The van der Waals surface area contributed by atoms with E-state index in [4.69, 9.17) is 28.8 Å². The Bertz CT molecular complexity index is 3020. The van der Waals surface area contributed by atoms with E-state index < -0.39 is 0 Å². The third kappa shape index (κ3) is 5.43. The van der Waals surface area contributed by atoms with Crippen LogP contribution in [0, 0.1) is 0 Å². The Kier molecular flexibility index (Phi) is 7.38. The minimum absolute atomic E-state index is 0.546. The monoisotopic (exact) mass is 718 g/mol. The zero-order chi connectivity index (χ0) is 37.0. The topological polar surface area (TPSA) is 77.8 Å². The van der Waals surface area contributed by atoms with Crippen LogP contribution in [0.15, 0.2) is 191 Å². The van der Waals surface area contributed by atoms with Crippen molar-refractivity contribution in [2.24, 2.45) is 0 Å². The average molecular weight is 719 g/mol. The summed E-state index contributed by atoms with van der Waals surface area (Å²) in [5.74, 6) is 1.19. The molecule has 0 N–H and O–H groups in total. The quantitative estimate of drug-likeness (QED) is 0.170. The lowest BCUT2D eigenvalue weighted by molar-refractivity contribution is 0.653. The summed E-state index contributed by atoms with van der Waals surface area (Å²) in [5, 5.41) is 3.69. The lowest BCUT2D eigenvalue weighted by atomic mass is 10.00. The van der Waals surface area contributed by atoms with Gasteiger partial charge in [-0.3, -0.25) is 0 Å². The zero-order valence-electron chi connectivity index (χ0n) is 29.9. The molecule has 0 aliphatic carbocycles. The van der Waals surface area contributed by atoms with Crippen molar-refractivity contribution in [3.8, 4) is 67.5 Å². The second kappa shape index (κ2) is 13.0. The van der Waals surface area contributed by atoms with Gasteiger partial charge >= 0.3 is 0 Å². The molecule has 0 fully saturated rings. The summed E-state index contributed by atoms with van der Waals surface area (Å²) in [7, 11) is 0. The average Bonchev–Trinajstić information content (AvgIpc) is 3.85. The van der Waals surface area contributed by atoms with E-state index in [1.165, 1.54) is 0 Å². The minimum atomic E-state index is 0.546. The molecule has 11 rings (SSSR count). The summed E-state index contributed by atoms with van der Waals surface area (Å²) in [4.78, 5) is 20.5. The second-order valence-corrected chi connectivity index (χ2v) is 13.8. The van der Waals surface area contributed by atoms with Crippen molar-refractivity contribution in [1.82, 2.24) is 19.9 Å². The molecule has 6 heteroatoms. The van der Waals surface area contributed by atoms with Crippen LogP contribution in [0.4, 0.5) is 0 Å². The van der Waals surface area contributed by atoms with Gasteiger partial charge in [0.25, 0.3) is 0 Å². The first-order valence-electron chi connectivity index (χ1n) is 18.5. The number of hydrogen-bond acceptors (Lipinski definition) is 6. The molecule has 0 saturated carbocycles. The van der Waals surface area contributed by atoms with E-state index in [1.54, 1.807) is 0 Å². The Morgan fingerprint density at radius 2 is 0.661 bits per heavy atom. The first-order valence-corrected chi connectivity index (χ1v) is 18.5. The maximum atomic E-state index is 6.38. The highest BCUT2D eigenvalue weighted by atomic mass is 16.3. The molecule has 4 aromatic heterocycles. The number of furan rings is 2. The number of hydrogen-bond donors (Lipinski definition) is 0. The molecule has 0 bridgehead atoms.